The molecule has 0 spiro atoms. The summed E-state index contributed by atoms with van der Waals surface area (Å²) in [5.41, 5.74) is 0.680. The van der Waals surface area contributed by atoms with Crippen LogP contribution in [0.5, 0.6) is 5.75 Å². The van der Waals surface area contributed by atoms with E-state index in [1.165, 1.54) is 0 Å². The molecule has 5 heteroatoms. The molecule has 1 atom stereocenters. The molecule has 1 aromatic rings. The predicted molar refractivity (Wildman–Crippen MR) is 57.3 cm³/mol. The maximum absolute atomic E-state index is 11.5. The van der Waals surface area contributed by atoms with Gasteiger partial charge < -0.3 is 4.74 Å². The van der Waals surface area contributed by atoms with Gasteiger partial charge in [-0.05, 0) is 35.0 Å². The molecular formula is C10H8BrNO3. The number of amides is 2. The minimum absolute atomic E-state index is 0.215. The third kappa shape index (κ3) is 1.74. The Bertz CT molecular complexity index is 442. The molecule has 78 valence electrons. The highest BCUT2D eigenvalue weighted by molar-refractivity contribution is 9.09. The first-order valence-corrected chi connectivity index (χ1v) is 5.30. The molecule has 0 fully saturated rings. The Labute approximate surface area is 94.7 Å². The highest BCUT2D eigenvalue weighted by atomic mass is 79.9. The molecule has 0 aromatic heterocycles. The van der Waals surface area contributed by atoms with E-state index in [9.17, 15) is 9.59 Å². The van der Waals surface area contributed by atoms with E-state index < -0.39 is 5.91 Å². The first-order valence-electron chi connectivity index (χ1n) is 4.39. The monoisotopic (exact) mass is 269 g/mol. The number of hydrogen-bond donors (Lipinski definition) is 1. The van der Waals surface area contributed by atoms with Crippen LogP contribution in [0.4, 0.5) is 0 Å². The number of benzene rings is 1. The quantitative estimate of drug-likeness (QED) is 0.657. The second kappa shape index (κ2) is 3.66. The van der Waals surface area contributed by atoms with Gasteiger partial charge >= 0.3 is 0 Å². The summed E-state index contributed by atoms with van der Waals surface area (Å²) in [7, 11) is 0. The summed E-state index contributed by atoms with van der Waals surface area (Å²) in [5, 5.41) is 2.01. The van der Waals surface area contributed by atoms with Crippen molar-refractivity contribution < 1.29 is 14.3 Å². The maximum atomic E-state index is 11.5. The molecule has 1 aliphatic rings. The van der Waals surface area contributed by atoms with Crippen molar-refractivity contribution in [2.24, 2.45) is 0 Å². The lowest BCUT2D eigenvalue weighted by molar-refractivity contribution is 0.0878. The fourth-order valence-corrected chi connectivity index (χ4v) is 1.66. The van der Waals surface area contributed by atoms with E-state index in [1.54, 1.807) is 25.1 Å². The van der Waals surface area contributed by atoms with Crippen LogP contribution in [0.15, 0.2) is 18.2 Å². The molecule has 1 aliphatic heterocycles. The van der Waals surface area contributed by atoms with Crippen molar-refractivity contribution in [3.05, 3.63) is 29.3 Å². The molecule has 0 radical (unpaired) electrons. The summed E-state index contributed by atoms with van der Waals surface area (Å²) in [4.78, 5) is 22.8. The number of rotatable bonds is 2. The van der Waals surface area contributed by atoms with Gasteiger partial charge in [0, 0.05) is 0 Å². The van der Waals surface area contributed by atoms with Gasteiger partial charge in [-0.1, -0.05) is 6.07 Å². The van der Waals surface area contributed by atoms with Crippen LogP contribution in [0.25, 0.3) is 0 Å². The summed E-state index contributed by atoms with van der Waals surface area (Å²) in [6, 6.07) is 4.94. The molecule has 2 rings (SSSR count). The Morgan fingerprint density at radius 2 is 2.07 bits per heavy atom. The Morgan fingerprint density at radius 3 is 2.73 bits per heavy atom. The predicted octanol–water partition coefficient (Wildman–Crippen LogP) is 1.69. The van der Waals surface area contributed by atoms with Gasteiger partial charge in [0.05, 0.1) is 11.1 Å². The number of halogens is 1. The SMILES string of the molecule is CC(Br)Oc1cccc2c1C(=O)NC2=O. The van der Waals surface area contributed by atoms with Crippen LogP contribution in [0.3, 0.4) is 0 Å². The Balaban J connectivity index is 2.50. The topological polar surface area (TPSA) is 55.4 Å². The van der Waals surface area contributed by atoms with Gasteiger partial charge in [0.25, 0.3) is 11.8 Å². The van der Waals surface area contributed by atoms with Crippen molar-refractivity contribution in [3.8, 4) is 5.75 Å². The van der Waals surface area contributed by atoms with Crippen LogP contribution >= 0.6 is 15.9 Å². The number of alkyl halides is 1. The summed E-state index contributed by atoms with van der Waals surface area (Å²) in [6.45, 7) is 1.79. The largest absolute Gasteiger partial charge is 0.479 e. The number of carbonyl (C=O) groups is 2. The van der Waals surface area contributed by atoms with Gasteiger partial charge in [-0.2, -0.15) is 0 Å². The van der Waals surface area contributed by atoms with Gasteiger partial charge in [-0.25, -0.2) is 0 Å². The molecular weight excluding hydrogens is 262 g/mol. The van der Waals surface area contributed by atoms with E-state index in [0.717, 1.165) is 0 Å². The van der Waals surface area contributed by atoms with Crippen molar-refractivity contribution >= 4 is 27.7 Å². The van der Waals surface area contributed by atoms with Crippen LogP contribution in [0, 0.1) is 0 Å². The molecule has 0 saturated carbocycles. The molecule has 15 heavy (non-hydrogen) atoms. The second-order valence-corrected chi connectivity index (χ2v) is 4.41. The van der Waals surface area contributed by atoms with Crippen LogP contribution in [-0.4, -0.2) is 16.8 Å². The standard InChI is InChI=1S/C10H8BrNO3/c1-5(11)15-7-4-2-3-6-8(7)10(14)12-9(6)13/h2-5H,1H3,(H,12,13,14). The lowest BCUT2D eigenvalue weighted by atomic mass is 10.1. The van der Waals surface area contributed by atoms with Crippen molar-refractivity contribution in [3.63, 3.8) is 0 Å². The summed E-state index contributed by atoms with van der Waals surface area (Å²) >= 11 is 3.22. The van der Waals surface area contributed by atoms with Crippen LogP contribution in [0.2, 0.25) is 0 Å². The Morgan fingerprint density at radius 1 is 1.33 bits per heavy atom. The molecule has 0 bridgehead atoms. The summed E-state index contributed by atoms with van der Waals surface area (Å²) in [6.07, 6.45) is 0. The fourth-order valence-electron chi connectivity index (χ4n) is 1.46. The summed E-state index contributed by atoms with van der Waals surface area (Å²) < 4.78 is 5.38. The number of ether oxygens (including phenoxy) is 1. The first-order chi connectivity index (χ1) is 7.09. The first kappa shape index (κ1) is 10.2. The number of fused-ring (bicyclic) bond motifs is 1. The van der Waals surface area contributed by atoms with Crippen LogP contribution < -0.4 is 10.1 Å². The van der Waals surface area contributed by atoms with E-state index in [4.69, 9.17) is 4.74 Å². The maximum Gasteiger partial charge on any atom is 0.262 e. The van der Waals surface area contributed by atoms with Gasteiger partial charge in [0.15, 0.2) is 5.01 Å². The lowest BCUT2D eigenvalue weighted by Gasteiger charge is -2.10. The smallest absolute Gasteiger partial charge is 0.262 e. The van der Waals surface area contributed by atoms with Crippen molar-refractivity contribution in [2.75, 3.05) is 0 Å². The zero-order valence-corrected chi connectivity index (χ0v) is 9.50. The van der Waals surface area contributed by atoms with E-state index >= 15 is 0 Å². The number of imide groups is 1. The fraction of sp³-hybridized carbons (Fsp3) is 0.200. The molecule has 0 aliphatic carbocycles. The van der Waals surface area contributed by atoms with Gasteiger partial charge in [0.1, 0.15) is 5.75 Å². The third-order valence-corrected chi connectivity index (χ3v) is 2.20. The van der Waals surface area contributed by atoms with E-state index in [0.29, 0.717) is 16.9 Å². The highest BCUT2D eigenvalue weighted by Crippen LogP contribution is 2.27. The lowest BCUT2D eigenvalue weighted by Crippen LogP contribution is -2.20. The van der Waals surface area contributed by atoms with Crippen LogP contribution in [-0.2, 0) is 0 Å². The molecule has 1 N–H and O–H groups in total. The molecule has 1 heterocycles. The number of carbonyl (C=O) groups excluding carboxylic acids is 2. The van der Waals surface area contributed by atoms with Gasteiger partial charge in [0.2, 0.25) is 0 Å². The van der Waals surface area contributed by atoms with E-state index in [1.807, 2.05) is 0 Å². The average Bonchev–Trinajstić information content (AvgIpc) is 2.43. The van der Waals surface area contributed by atoms with Gasteiger partial charge in [-0.3, -0.25) is 14.9 Å². The second-order valence-electron chi connectivity index (χ2n) is 3.12. The number of nitrogens with one attached hydrogen (secondary N) is 1. The zero-order valence-electron chi connectivity index (χ0n) is 7.91. The van der Waals surface area contributed by atoms with Gasteiger partial charge in [-0.15, -0.1) is 0 Å². The normalized spacial score (nSPS) is 15.9. The van der Waals surface area contributed by atoms with Crippen molar-refractivity contribution in [1.82, 2.24) is 5.32 Å². The van der Waals surface area contributed by atoms with E-state index in [2.05, 4.69) is 21.2 Å². The molecule has 0 saturated heterocycles. The Kier molecular flexibility index (Phi) is 2.48. The minimum atomic E-state index is -0.404. The molecule has 1 aromatic carbocycles. The summed E-state index contributed by atoms with van der Waals surface area (Å²) in [5.74, 6) is -0.360. The Hall–Kier alpha value is -1.36. The molecule has 1 unspecified atom stereocenters. The van der Waals surface area contributed by atoms with Crippen molar-refractivity contribution in [2.45, 2.75) is 11.9 Å². The average molecular weight is 270 g/mol. The highest BCUT2D eigenvalue weighted by Gasteiger charge is 2.30. The molecule has 2 amide bonds. The van der Waals surface area contributed by atoms with E-state index in [-0.39, 0.29) is 10.9 Å². The third-order valence-electron chi connectivity index (χ3n) is 2.01. The zero-order chi connectivity index (χ0) is 11.0. The number of hydrogen-bond acceptors (Lipinski definition) is 3. The molecule has 4 nitrogen and oxygen atoms in total. The minimum Gasteiger partial charge on any atom is -0.479 e. The van der Waals surface area contributed by atoms with Crippen molar-refractivity contribution in [1.29, 1.82) is 0 Å². The van der Waals surface area contributed by atoms with Crippen LogP contribution in [0.1, 0.15) is 27.6 Å².